The largest absolute Gasteiger partial charge is 0.495 e. The van der Waals surface area contributed by atoms with Gasteiger partial charge in [0.05, 0.1) is 23.7 Å². The summed E-state index contributed by atoms with van der Waals surface area (Å²) in [5.41, 5.74) is -0.0458. The average molecular weight is 471 g/mol. The Morgan fingerprint density at radius 2 is 1.97 bits per heavy atom. The molecule has 0 radical (unpaired) electrons. The van der Waals surface area contributed by atoms with Gasteiger partial charge in [0, 0.05) is 18.5 Å². The van der Waals surface area contributed by atoms with Crippen LogP contribution in [0.1, 0.15) is 13.3 Å². The lowest BCUT2D eigenvalue weighted by atomic mass is 10.2. The molecule has 0 aliphatic rings. The highest BCUT2D eigenvalue weighted by molar-refractivity contribution is 8.00. The molecule has 2 aromatic heterocycles. The average Bonchev–Trinajstić information content (AvgIpc) is 3.23. The second kappa shape index (κ2) is 9.41. The number of carbonyl (C=O) groups is 1. The van der Waals surface area contributed by atoms with E-state index in [0.29, 0.717) is 23.0 Å². The Bertz CT molecular complexity index is 1390. The van der Waals surface area contributed by atoms with E-state index < -0.39 is 28.4 Å². The van der Waals surface area contributed by atoms with Crippen molar-refractivity contribution in [3.63, 3.8) is 0 Å². The van der Waals surface area contributed by atoms with E-state index in [9.17, 15) is 18.4 Å². The number of fused-ring (bicyclic) bond motifs is 1. The summed E-state index contributed by atoms with van der Waals surface area (Å²) in [6, 6.07) is 9.88. The molecule has 4 rings (SSSR count). The maximum absolute atomic E-state index is 13.9. The van der Waals surface area contributed by atoms with Gasteiger partial charge in [0.1, 0.15) is 17.4 Å². The number of hydrogen-bond donors (Lipinski definition) is 1. The summed E-state index contributed by atoms with van der Waals surface area (Å²) in [5.74, 6) is -1.41. The number of ether oxygens (including phenoxy) is 1. The lowest BCUT2D eigenvalue weighted by Gasteiger charge is -2.14. The molecule has 33 heavy (non-hydrogen) atoms. The number of nitrogens with one attached hydrogen (secondary N) is 1. The highest BCUT2D eigenvalue weighted by Gasteiger charge is 2.23. The highest BCUT2D eigenvalue weighted by atomic mass is 32.2. The maximum atomic E-state index is 13.9. The Balaban J connectivity index is 1.62. The molecule has 1 atom stereocenters. The highest BCUT2D eigenvalue weighted by Crippen LogP contribution is 2.26. The van der Waals surface area contributed by atoms with Crippen LogP contribution >= 0.6 is 11.8 Å². The quantitative estimate of drug-likeness (QED) is 0.414. The Hall–Kier alpha value is -3.73. The number of methoxy groups -OCH3 is 1. The number of anilines is 1. The van der Waals surface area contributed by atoms with Crippen molar-refractivity contribution in [2.75, 3.05) is 12.4 Å². The maximum Gasteiger partial charge on any atom is 0.300 e. The standard InChI is InChI=1S/C22H19F2N5O3S/c1-3-18(20(30)25-15-12-13(23)8-9-14(15)24)33-22-27-26-19-21(31)28(10-11-29(19)22)16-6-4-5-7-17(16)32-2/h4-12,18H,3H2,1-2H3,(H,25,30)/t18-/m1/s1. The Morgan fingerprint density at radius 1 is 1.18 bits per heavy atom. The predicted octanol–water partition coefficient (Wildman–Crippen LogP) is 3.68. The van der Waals surface area contributed by atoms with Crippen LogP contribution in [0.4, 0.5) is 14.5 Å². The molecular formula is C22H19F2N5O3S. The molecule has 0 unspecified atom stereocenters. The number of nitrogens with zero attached hydrogens (tertiary/aromatic N) is 4. The van der Waals surface area contributed by atoms with Crippen LogP contribution in [0.15, 0.2) is 64.8 Å². The predicted molar refractivity (Wildman–Crippen MR) is 120 cm³/mol. The smallest absolute Gasteiger partial charge is 0.300 e. The molecule has 0 aliphatic carbocycles. The molecule has 170 valence electrons. The van der Waals surface area contributed by atoms with Crippen molar-refractivity contribution in [3.05, 3.63) is 76.8 Å². The van der Waals surface area contributed by atoms with Crippen molar-refractivity contribution < 1.29 is 18.3 Å². The van der Waals surface area contributed by atoms with Gasteiger partial charge in [-0.05, 0) is 30.7 Å². The van der Waals surface area contributed by atoms with Crippen LogP contribution in [0.2, 0.25) is 0 Å². The van der Waals surface area contributed by atoms with Gasteiger partial charge < -0.3 is 10.1 Å². The molecule has 11 heteroatoms. The second-order valence-electron chi connectivity index (χ2n) is 6.95. The summed E-state index contributed by atoms with van der Waals surface area (Å²) in [6.07, 6.45) is 3.55. The molecule has 2 heterocycles. The van der Waals surface area contributed by atoms with Crippen molar-refractivity contribution in [2.24, 2.45) is 0 Å². The summed E-state index contributed by atoms with van der Waals surface area (Å²) in [5, 5.41) is 10.1. The molecule has 0 spiro atoms. The Kier molecular flexibility index (Phi) is 6.40. The normalized spacial score (nSPS) is 12.0. The molecule has 0 bridgehead atoms. The van der Waals surface area contributed by atoms with Gasteiger partial charge in [-0.3, -0.25) is 18.6 Å². The third kappa shape index (κ3) is 4.44. The van der Waals surface area contributed by atoms with Crippen molar-refractivity contribution in [3.8, 4) is 11.4 Å². The van der Waals surface area contributed by atoms with Gasteiger partial charge in [0.25, 0.3) is 0 Å². The van der Waals surface area contributed by atoms with Gasteiger partial charge in [0.15, 0.2) is 5.16 Å². The zero-order chi connectivity index (χ0) is 23.5. The van der Waals surface area contributed by atoms with Gasteiger partial charge in [-0.1, -0.05) is 30.8 Å². The third-order valence-electron chi connectivity index (χ3n) is 4.88. The molecule has 0 saturated heterocycles. The van der Waals surface area contributed by atoms with E-state index in [1.807, 2.05) is 0 Å². The van der Waals surface area contributed by atoms with E-state index in [-0.39, 0.29) is 11.3 Å². The lowest BCUT2D eigenvalue weighted by molar-refractivity contribution is -0.115. The van der Waals surface area contributed by atoms with Crippen molar-refractivity contribution >= 4 is 29.0 Å². The van der Waals surface area contributed by atoms with E-state index >= 15 is 0 Å². The fourth-order valence-corrected chi connectivity index (χ4v) is 4.16. The van der Waals surface area contributed by atoms with Gasteiger partial charge in [-0.25, -0.2) is 8.78 Å². The SMILES string of the molecule is CC[C@@H](Sc1nnc2c(=O)n(-c3ccccc3OC)ccn12)C(=O)Nc1cc(F)ccc1F. The number of hydrogen-bond acceptors (Lipinski definition) is 6. The number of amides is 1. The van der Waals surface area contributed by atoms with E-state index in [4.69, 9.17) is 4.74 Å². The third-order valence-corrected chi connectivity index (χ3v) is 6.20. The fraction of sp³-hybridized carbons (Fsp3) is 0.182. The van der Waals surface area contributed by atoms with Gasteiger partial charge in [-0.15, -0.1) is 10.2 Å². The summed E-state index contributed by atoms with van der Waals surface area (Å²) in [4.78, 5) is 25.7. The lowest BCUT2D eigenvalue weighted by Crippen LogP contribution is -2.25. The van der Waals surface area contributed by atoms with Crippen LogP contribution in [0.25, 0.3) is 11.3 Å². The number of thioether (sulfide) groups is 1. The summed E-state index contributed by atoms with van der Waals surface area (Å²) < 4.78 is 35.5. The second-order valence-corrected chi connectivity index (χ2v) is 8.12. The molecule has 1 N–H and O–H groups in total. The van der Waals surface area contributed by atoms with Crippen LogP contribution in [-0.4, -0.2) is 37.4 Å². The molecular weight excluding hydrogens is 452 g/mol. The Labute approximate surface area is 191 Å². The fourth-order valence-electron chi connectivity index (χ4n) is 3.22. The van der Waals surface area contributed by atoms with Gasteiger partial charge >= 0.3 is 5.56 Å². The summed E-state index contributed by atoms with van der Waals surface area (Å²) in [6.45, 7) is 1.77. The van der Waals surface area contributed by atoms with E-state index in [0.717, 1.165) is 30.0 Å². The first-order valence-corrected chi connectivity index (χ1v) is 10.8. The summed E-state index contributed by atoms with van der Waals surface area (Å²) >= 11 is 1.07. The minimum Gasteiger partial charge on any atom is -0.495 e. The van der Waals surface area contributed by atoms with Crippen molar-refractivity contribution in [1.82, 2.24) is 19.2 Å². The molecule has 0 aliphatic heterocycles. The minimum atomic E-state index is -0.741. The molecule has 8 nitrogen and oxygen atoms in total. The minimum absolute atomic E-state index is 0.0670. The number of carbonyl (C=O) groups excluding carboxylic acids is 1. The van der Waals surface area contributed by atoms with E-state index in [1.54, 1.807) is 43.6 Å². The number of halogens is 2. The zero-order valence-corrected chi connectivity index (χ0v) is 18.5. The van der Waals surface area contributed by atoms with E-state index in [1.165, 1.54) is 16.1 Å². The number of aromatic nitrogens is 4. The van der Waals surface area contributed by atoms with E-state index in [2.05, 4.69) is 15.5 Å². The zero-order valence-electron chi connectivity index (χ0n) is 17.7. The molecule has 0 saturated carbocycles. The number of para-hydroxylation sites is 2. The van der Waals surface area contributed by atoms with Crippen LogP contribution in [0.5, 0.6) is 5.75 Å². The molecule has 2 aromatic carbocycles. The van der Waals surface area contributed by atoms with Gasteiger partial charge in [0.2, 0.25) is 11.6 Å². The summed E-state index contributed by atoms with van der Waals surface area (Å²) in [7, 11) is 1.51. The first kappa shape index (κ1) is 22.5. The van der Waals surface area contributed by atoms with Crippen molar-refractivity contribution in [2.45, 2.75) is 23.8 Å². The molecule has 0 fully saturated rings. The van der Waals surface area contributed by atoms with Gasteiger partial charge in [-0.2, -0.15) is 0 Å². The van der Waals surface area contributed by atoms with Crippen molar-refractivity contribution in [1.29, 1.82) is 0 Å². The number of rotatable bonds is 7. The topological polar surface area (TPSA) is 90.5 Å². The first-order valence-electron chi connectivity index (χ1n) is 9.95. The molecule has 1 amide bonds. The van der Waals surface area contributed by atoms with Crippen LogP contribution in [0, 0.1) is 11.6 Å². The number of benzene rings is 2. The first-order chi connectivity index (χ1) is 15.9. The van der Waals surface area contributed by atoms with Crippen LogP contribution in [-0.2, 0) is 4.79 Å². The Morgan fingerprint density at radius 3 is 2.73 bits per heavy atom. The molecule has 4 aromatic rings. The monoisotopic (exact) mass is 471 g/mol. The van der Waals surface area contributed by atoms with Crippen LogP contribution < -0.4 is 15.6 Å². The van der Waals surface area contributed by atoms with Crippen LogP contribution in [0.3, 0.4) is 0 Å².